The highest BCUT2D eigenvalue weighted by Gasteiger charge is 2.37. The predicted molar refractivity (Wildman–Crippen MR) is 113 cm³/mol. The van der Waals surface area contributed by atoms with Gasteiger partial charge in [0.15, 0.2) is 0 Å². The lowest BCUT2D eigenvalue weighted by Gasteiger charge is -2.12. The van der Waals surface area contributed by atoms with Crippen molar-refractivity contribution in [1.29, 1.82) is 0 Å². The number of pyridine rings is 1. The van der Waals surface area contributed by atoms with Crippen LogP contribution >= 0.6 is 11.3 Å². The summed E-state index contributed by atoms with van der Waals surface area (Å²) in [5, 5.41) is 11.0. The molecule has 0 fully saturated rings. The lowest BCUT2D eigenvalue weighted by Crippen LogP contribution is -2.28. The highest BCUT2D eigenvalue weighted by molar-refractivity contribution is 7.94. The number of carbonyl (C=O) groups excluding carboxylic acids is 2. The number of carbonyl (C=O) groups is 2. The molecule has 11 nitrogen and oxygen atoms in total. The molecule has 0 saturated heterocycles. The van der Waals surface area contributed by atoms with E-state index >= 15 is 0 Å². The summed E-state index contributed by atoms with van der Waals surface area (Å²) in [5.41, 5.74) is -0.152. The number of imide groups is 1. The standard InChI is InChI=1S/C19H14N4O7S2/c1-30-15-6-4-11(23(26)27)9-14(15)21-32(28,29)16-7-5-12(31-16)10-22-18(24)13-3-2-8-20-17(13)19(22)25/h2-9,21H,10H2,1H3. The summed E-state index contributed by atoms with van der Waals surface area (Å²) >= 11 is 0.861. The fraction of sp³-hybridized carbons (Fsp3) is 0.105. The highest BCUT2D eigenvalue weighted by Crippen LogP contribution is 2.33. The molecular formula is C19H14N4O7S2. The third-order valence-corrected chi connectivity index (χ3v) is 7.51. The normalized spacial score (nSPS) is 13.2. The van der Waals surface area contributed by atoms with Crippen molar-refractivity contribution in [2.75, 3.05) is 11.8 Å². The molecule has 1 aliphatic rings. The van der Waals surface area contributed by atoms with Crippen LogP contribution in [0.5, 0.6) is 5.75 Å². The Hall–Kier alpha value is -3.84. The fourth-order valence-corrected chi connectivity index (χ4v) is 5.49. The van der Waals surface area contributed by atoms with Gasteiger partial charge in [-0.15, -0.1) is 11.3 Å². The molecule has 0 bridgehead atoms. The number of rotatable bonds is 7. The molecule has 164 valence electrons. The Morgan fingerprint density at radius 1 is 1.19 bits per heavy atom. The number of methoxy groups -OCH3 is 1. The van der Waals surface area contributed by atoms with Gasteiger partial charge in [-0.25, -0.2) is 8.42 Å². The number of hydrogen-bond donors (Lipinski definition) is 1. The number of fused-ring (bicyclic) bond motifs is 1. The van der Waals surface area contributed by atoms with Crippen molar-refractivity contribution in [2.24, 2.45) is 0 Å². The number of nitro benzene ring substituents is 1. The number of hydrogen-bond acceptors (Lipinski definition) is 9. The molecule has 0 aliphatic carbocycles. The van der Waals surface area contributed by atoms with E-state index in [1.165, 1.54) is 43.6 Å². The van der Waals surface area contributed by atoms with Crippen molar-refractivity contribution >= 4 is 44.5 Å². The molecule has 13 heteroatoms. The van der Waals surface area contributed by atoms with E-state index in [-0.39, 0.29) is 39.1 Å². The molecule has 2 amide bonds. The SMILES string of the molecule is COc1ccc([N+](=O)[O-])cc1NS(=O)(=O)c1ccc(CN2C(=O)c3cccnc3C2=O)s1. The molecule has 0 saturated carbocycles. The summed E-state index contributed by atoms with van der Waals surface area (Å²) in [4.78, 5) is 40.7. The van der Waals surface area contributed by atoms with Gasteiger partial charge in [0.25, 0.3) is 27.5 Å². The molecule has 0 radical (unpaired) electrons. The third-order valence-electron chi connectivity index (χ3n) is 4.59. The lowest BCUT2D eigenvalue weighted by atomic mass is 10.2. The number of non-ortho nitro benzene ring substituents is 1. The second-order valence-corrected chi connectivity index (χ2v) is 9.64. The van der Waals surface area contributed by atoms with Gasteiger partial charge in [0, 0.05) is 23.2 Å². The molecule has 1 aliphatic heterocycles. The van der Waals surface area contributed by atoms with Gasteiger partial charge in [-0.2, -0.15) is 0 Å². The second kappa shape index (κ2) is 8.01. The van der Waals surface area contributed by atoms with Gasteiger partial charge < -0.3 is 4.74 Å². The number of anilines is 1. The summed E-state index contributed by atoms with van der Waals surface area (Å²) in [6.45, 7) is -0.117. The molecule has 3 aromatic rings. The maximum absolute atomic E-state index is 12.8. The van der Waals surface area contributed by atoms with Crippen LogP contribution in [-0.4, -0.2) is 42.1 Å². The number of nitrogens with zero attached hydrogens (tertiary/aromatic N) is 3. The topological polar surface area (TPSA) is 149 Å². The Balaban J connectivity index is 1.56. The van der Waals surface area contributed by atoms with Gasteiger partial charge in [0.2, 0.25) is 0 Å². The minimum atomic E-state index is -4.12. The van der Waals surface area contributed by atoms with Crippen LogP contribution in [0.15, 0.2) is 52.9 Å². The van der Waals surface area contributed by atoms with Gasteiger partial charge in [-0.05, 0) is 30.3 Å². The molecule has 3 heterocycles. The maximum atomic E-state index is 12.8. The molecule has 32 heavy (non-hydrogen) atoms. The zero-order valence-corrected chi connectivity index (χ0v) is 18.0. The van der Waals surface area contributed by atoms with Gasteiger partial charge in [0.1, 0.15) is 15.7 Å². The van der Waals surface area contributed by atoms with Crippen LogP contribution in [0.1, 0.15) is 25.7 Å². The minimum Gasteiger partial charge on any atom is -0.495 e. The first-order valence-electron chi connectivity index (χ1n) is 8.96. The highest BCUT2D eigenvalue weighted by atomic mass is 32.2. The summed E-state index contributed by atoms with van der Waals surface area (Å²) in [6.07, 6.45) is 1.41. The molecule has 0 atom stereocenters. The van der Waals surface area contributed by atoms with E-state index in [0.29, 0.717) is 4.88 Å². The predicted octanol–water partition coefficient (Wildman–Crippen LogP) is 2.66. The molecule has 4 rings (SSSR count). The van der Waals surface area contributed by atoms with Crippen molar-refractivity contribution in [2.45, 2.75) is 10.8 Å². The van der Waals surface area contributed by atoms with Crippen molar-refractivity contribution in [3.63, 3.8) is 0 Å². The summed E-state index contributed by atoms with van der Waals surface area (Å²) < 4.78 is 32.9. The molecule has 0 unspecified atom stereocenters. The lowest BCUT2D eigenvalue weighted by molar-refractivity contribution is -0.384. The quantitative estimate of drug-likeness (QED) is 0.312. The summed E-state index contributed by atoms with van der Waals surface area (Å²) in [6, 6.07) is 9.39. The minimum absolute atomic E-state index is 0.0568. The van der Waals surface area contributed by atoms with Crippen molar-refractivity contribution in [3.8, 4) is 5.75 Å². The Morgan fingerprint density at radius 2 is 1.97 bits per heavy atom. The van der Waals surface area contributed by atoms with E-state index in [1.54, 1.807) is 6.07 Å². The van der Waals surface area contributed by atoms with Crippen LogP contribution in [-0.2, 0) is 16.6 Å². The average Bonchev–Trinajstić information content (AvgIpc) is 3.34. The van der Waals surface area contributed by atoms with Gasteiger partial charge in [0.05, 0.1) is 29.8 Å². The summed E-state index contributed by atoms with van der Waals surface area (Å²) in [5.74, 6) is -0.951. The van der Waals surface area contributed by atoms with Crippen LogP contribution in [0.2, 0.25) is 0 Å². The van der Waals surface area contributed by atoms with Crippen molar-refractivity contribution < 1.29 is 27.7 Å². The molecular weight excluding hydrogens is 460 g/mol. The van der Waals surface area contributed by atoms with Crippen molar-refractivity contribution in [3.05, 3.63) is 74.9 Å². The number of ether oxygens (including phenoxy) is 1. The number of amides is 2. The smallest absolute Gasteiger partial charge is 0.280 e. The third kappa shape index (κ3) is 3.78. The first kappa shape index (κ1) is 21.4. The Bertz CT molecular complexity index is 1330. The second-order valence-electron chi connectivity index (χ2n) is 6.56. The van der Waals surface area contributed by atoms with Crippen LogP contribution in [0.4, 0.5) is 11.4 Å². The Labute approximate surface area is 185 Å². The zero-order valence-electron chi connectivity index (χ0n) is 16.3. The van der Waals surface area contributed by atoms with Crippen LogP contribution in [0.25, 0.3) is 0 Å². The van der Waals surface area contributed by atoms with E-state index in [4.69, 9.17) is 4.74 Å². The number of aromatic nitrogens is 1. The number of nitro groups is 1. The van der Waals surface area contributed by atoms with Crippen LogP contribution < -0.4 is 9.46 Å². The number of thiophene rings is 1. The van der Waals surface area contributed by atoms with E-state index in [9.17, 15) is 28.1 Å². The van der Waals surface area contributed by atoms with E-state index in [2.05, 4.69) is 9.71 Å². The molecule has 0 spiro atoms. The number of benzene rings is 1. The molecule has 1 aromatic carbocycles. The van der Waals surface area contributed by atoms with E-state index in [1.807, 2.05) is 0 Å². The van der Waals surface area contributed by atoms with Crippen LogP contribution in [0.3, 0.4) is 0 Å². The van der Waals surface area contributed by atoms with Crippen molar-refractivity contribution in [1.82, 2.24) is 9.88 Å². The number of nitrogens with one attached hydrogen (secondary N) is 1. The van der Waals surface area contributed by atoms with Gasteiger partial charge in [-0.3, -0.25) is 34.3 Å². The Morgan fingerprint density at radius 3 is 2.66 bits per heavy atom. The summed E-state index contributed by atoms with van der Waals surface area (Å²) in [7, 11) is -2.81. The largest absolute Gasteiger partial charge is 0.495 e. The maximum Gasteiger partial charge on any atom is 0.280 e. The average molecular weight is 474 g/mol. The van der Waals surface area contributed by atoms with Crippen LogP contribution in [0, 0.1) is 10.1 Å². The molecule has 1 N–H and O–H groups in total. The van der Waals surface area contributed by atoms with Gasteiger partial charge >= 0.3 is 0 Å². The van der Waals surface area contributed by atoms with Gasteiger partial charge in [-0.1, -0.05) is 0 Å². The first-order valence-corrected chi connectivity index (χ1v) is 11.3. The first-order chi connectivity index (χ1) is 15.2. The number of sulfonamides is 1. The van der Waals surface area contributed by atoms with E-state index in [0.717, 1.165) is 22.3 Å². The fourth-order valence-electron chi connectivity index (χ4n) is 3.09. The zero-order chi connectivity index (χ0) is 23.0. The Kier molecular flexibility index (Phi) is 5.36. The monoisotopic (exact) mass is 474 g/mol. The molecule has 2 aromatic heterocycles. The van der Waals surface area contributed by atoms with E-state index < -0.39 is 26.8 Å².